The number of halogens is 1. The number of imidazole rings is 1. The van der Waals surface area contributed by atoms with Crippen LogP contribution in [0.5, 0.6) is 5.75 Å². The molecule has 0 aliphatic carbocycles. The van der Waals surface area contributed by atoms with Crippen LogP contribution in [-0.2, 0) is 0 Å². The van der Waals surface area contributed by atoms with Crippen LogP contribution >= 0.6 is 11.6 Å². The second kappa shape index (κ2) is 5.55. The lowest BCUT2D eigenvalue weighted by molar-refractivity contribution is 0.317. The van der Waals surface area contributed by atoms with Gasteiger partial charge in [-0.15, -0.1) is 0 Å². The number of rotatable bonds is 4. The number of ether oxygens (including phenoxy) is 1. The second-order valence-corrected chi connectivity index (χ2v) is 5.06. The van der Waals surface area contributed by atoms with Gasteiger partial charge in [0.05, 0.1) is 17.6 Å². The molecular formula is C16H15ClN2O. The van der Waals surface area contributed by atoms with E-state index in [1.807, 2.05) is 42.5 Å². The quantitative estimate of drug-likeness (QED) is 0.756. The van der Waals surface area contributed by atoms with Crippen LogP contribution in [0.15, 0.2) is 42.5 Å². The lowest BCUT2D eigenvalue weighted by Crippen LogP contribution is -1.94. The maximum absolute atomic E-state index is 5.98. The van der Waals surface area contributed by atoms with Crippen LogP contribution in [0.2, 0.25) is 5.02 Å². The summed E-state index contributed by atoms with van der Waals surface area (Å²) in [5.74, 6) is 1.72. The van der Waals surface area contributed by atoms with E-state index < -0.39 is 0 Å². The number of nitrogens with one attached hydrogen (secondary N) is 1. The second-order valence-electron chi connectivity index (χ2n) is 4.62. The van der Waals surface area contributed by atoms with E-state index in [2.05, 4.69) is 16.9 Å². The third kappa shape index (κ3) is 2.63. The van der Waals surface area contributed by atoms with Crippen molar-refractivity contribution < 1.29 is 4.74 Å². The van der Waals surface area contributed by atoms with Crippen molar-refractivity contribution in [1.82, 2.24) is 9.97 Å². The Balaban J connectivity index is 1.90. The Kier molecular flexibility index (Phi) is 3.61. The molecule has 1 heterocycles. The highest BCUT2D eigenvalue weighted by Crippen LogP contribution is 2.24. The van der Waals surface area contributed by atoms with Crippen molar-refractivity contribution in [2.45, 2.75) is 13.3 Å². The predicted molar refractivity (Wildman–Crippen MR) is 82.3 cm³/mol. The third-order valence-electron chi connectivity index (χ3n) is 3.04. The molecule has 0 aliphatic heterocycles. The van der Waals surface area contributed by atoms with Crippen molar-refractivity contribution in [3.63, 3.8) is 0 Å². The maximum Gasteiger partial charge on any atom is 0.138 e. The van der Waals surface area contributed by atoms with Crippen LogP contribution in [-0.4, -0.2) is 16.6 Å². The summed E-state index contributed by atoms with van der Waals surface area (Å²) in [6.45, 7) is 2.83. The van der Waals surface area contributed by atoms with E-state index >= 15 is 0 Å². The molecule has 0 aliphatic rings. The van der Waals surface area contributed by atoms with E-state index in [4.69, 9.17) is 16.3 Å². The maximum atomic E-state index is 5.98. The monoisotopic (exact) mass is 286 g/mol. The molecule has 102 valence electrons. The van der Waals surface area contributed by atoms with Crippen molar-refractivity contribution in [3.8, 4) is 17.1 Å². The van der Waals surface area contributed by atoms with Crippen LogP contribution in [0, 0.1) is 0 Å². The molecule has 2 aromatic carbocycles. The highest BCUT2D eigenvalue weighted by atomic mass is 35.5. The molecule has 3 rings (SSSR count). The fraction of sp³-hybridized carbons (Fsp3) is 0.188. The lowest BCUT2D eigenvalue weighted by atomic mass is 10.2. The molecule has 0 saturated carbocycles. The minimum Gasteiger partial charge on any atom is -0.494 e. The van der Waals surface area contributed by atoms with Crippen molar-refractivity contribution in [1.29, 1.82) is 0 Å². The Hall–Kier alpha value is -2.00. The number of aromatic nitrogens is 2. The number of hydrogen-bond acceptors (Lipinski definition) is 2. The van der Waals surface area contributed by atoms with Crippen molar-refractivity contribution in [3.05, 3.63) is 47.5 Å². The molecule has 0 unspecified atom stereocenters. The Morgan fingerprint density at radius 2 is 1.95 bits per heavy atom. The van der Waals surface area contributed by atoms with Gasteiger partial charge < -0.3 is 9.72 Å². The van der Waals surface area contributed by atoms with Crippen LogP contribution in [0.1, 0.15) is 13.3 Å². The molecule has 0 atom stereocenters. The minimum absolute atomic E-state index is 0.705. The largest absolute Gasteiger partial charge is 0.494 e. The average Bonchev–Trinajstić information content (AvgIpc) is 2.88. The Bertz CT molecular complexity index is 719. The van der Waals surface area contributed by atoms with Gasteiger partial charge in [-0.3, -0.25) is 0 Å². The highest BCUT2D eigenvalue weighted by molar-refractivity contribution is 6.31. The van der Waals surface area contributed by atoms with Gasteiger partial charge in [0.25, 0.3) is 0 Å². The first-order valence-corrected chi connectivity index (χ1v) is 7.02. The molecule has 3 nitrogen and oxygen atoms in total. The number of fused-ring (bicyclic) bond motifs is 1. The standard InChI is InChI=1S/C16H15ClN2O/c1-2-9-20-13-6-3-11(4-7-13)16-18-14-8-5-12(17)10-15(14)19-16/h3-8,10H,2,9H2,1H3,(H,18,19). The number of benzene rings is 2. The molecule has 3 aromatic rings. The number of hydrogen-bond donors (Lipinski definition) is 1. The molecule has 20 heavy (non-hydrogen) atoms. The van der Waals surface area contributed by atoms with E-state index in [9.17, 15) is 0 Å². The van der Waals surface area contributed by atoms with Gasteiger partial charge in [0, 0.05) is 10.6 Å². The normalized spacial score (nSPS) is 10.9. The highest BCUT2D eigenvalue weighted by Gasteiger charge is 2.06. The predicted octanol–water partition coefficient (Wildman–Crippen LogP) is 4.67. The fourth-order valence-electron chi connectivity index (χ4n) is 2.05. The first-order valence-electron chi connectivity index (χ1n) is 6.65. The van der Waals surface area contributed by atoms with Gasteiger partial charge in [-0.1, -0.05) is 18.5 Å². The van der Waals surface area contributed by atoms with Crippen LogP contribution < -0.4 is 4.74 Å². The van der Waals surface area contributed by atoms with Crippen LogP contribution in [0.25, 0.3) is 22.4 Å². The van der Waals surface area contributed by atoms with Gasteiger partial charge in [0.15, 0.2) is 0 Å². The zero-order chi connectivity index (χ0) is 13.9. The zero-order valence-electron chi connectivity index (χ0n) is 11.2. The summed E-state index contributed by atoms with van der Waals surface area (Å²) in [7, 11) is 0. The molecule has 1 N–H and O–H groups in total. The molecule has 0 radical (unpaired) electrons. The van der Waals surface area contributed by atoms with Crippen molar-refractivity contribution >= 4 is 22.6 Å². The Labute approximate surface area is 122 Å². The molecule has 0 saturated heterocycles. The zero-order valence-corrected chi connectivity index (χ0v) is 11.9. The number of aromatic amines is 1. The average molecular weight is 287 g/mol. The smallest absolute Gasteiger partial charge is 0.138 e. The summed E-state index contributed by atoms with van der Waals surface area (Å²) in [4.78, 5) is 7.84. The van der Waals surface area contributed by atoms with Gasteiger partial charge in [-0.05, 0) is 48.9 Å². The van der Waals surface area contributed by atoms with Gasteiger partial charge in [-0.25, -0.2) is 4.98 Å². The third-order valence-corrected chi connectivity index (χ3v) is 3.28. The van der Waals surface area contributed by atoms with Crippen molar-refractivity contribution in [2.24, 2.45) is 0 Å². The lowest BCUT2D eigenvalue weighted by Gasteiger charge is -2.04. The van der Waals surface area contributed by atoms with E-state index in [0.29, 0.717) is 5.02 Å². The molecule has 0 amide bonds. The minimum atomic E-state index is 0.705. The Morgan fingerprint density at radius 3 is 2.70 bits per heavy atom. The first kappa shape index (κ1) is 13.0. The first-order chi connectivity index (χ1) is 9.76. The fourth-order valence-corrected chi connectivity index (χ4v) is 2.22. The van der Waals surface area contributed by atoms with Crippen LogP contribution in [0.3, 0.4) is 0 Å². The summed E-state index contributed by atoms with van der Waals surface area (Å²) in [5, 5.41) is 0.705. The van der Waals surface area contributed by atoms with E-state index in [-0.39, 0.29) is 0 Å². The summed E-state index contributed by atoms with van der Waals surface area (Å²) in [5.41, 5.74) is 2.88. The molecule has 0 fully saturated rings. The summed E-state index contributed by atoms with van der Waals surface area (Å²) < 4.78 is 5.57. The van der Waals surface area contributed by atoms with E-state index in [1.165, 1.54) is 0 Å². The molecular weight excluding hydrogens is 272 g/mol. The molecule has 0 spiro atoms. The molecule has 0 bridgehead atoms. The van der Waals surface area contributed by atoms with E-state index in [1.54, 1.807) is 0 Å². The Morgan fingerprint density at radius 1 is 1.15 bits per heavy atom. The van der Waals surface area contributed by atoms with Gasteiger partial charge in [0.2, 0.25) is 0 Å². The summed E-state index contributed by atoms with van der Waals surface area (Å²) in [6.07, 6.45) is 1.01. The topological polar surface area (TPSA) is 37.9 Å². The SMILES string of the molecule is CCCOc1ccc(-c2nc3ccc(Cl)cc3[nH]2)cc1. The molecule has 1 aromatic heterocycles. The number of nitrogens with zero attached hydrogens (tertiary/aromatic N) is 1. The summed E-state index contributed by atoms with van der Waals surface area (Å²) >= 11 is 5.98. The van der Waals surface area contributed by atoms with Crippen LogP contribution in [0.4, 0.5) is 0 Å². The van der Waals surface area contributed by atoms with E-state index in [0.717, 1.165) is 41.2 Å². The van der Waals surface area contributed by atoms with Gasteiger partial charge >= 0.3 is 0 Å². The van der Waals surface area contributed by atoms with Gasteiger partial charge in [-0.2, -0.15) is 0 Å². The summed E-state index contributed by atoms with van der Waals surface area (Å²) in [6, 6.07) is 13.6. The molecule has 4 heteroatoms. The van der Waals surface area contributed by atoms with Crippen molar-refractivity contribution in [2.75, 3.05) is 6.61 Å². The number of H-pyrrole nitrogens is 1. The van der Waals surface area contributed by atoms with Gasteiger partial charge in [0.1, 0.15) is 11.6 Å².